The van der Waals surface area contributed by atoms with Gasteiger partial charge < -0.3 is 15.2 Å². The van der Waals surface area contributed by atoms with Crippen molar-refractivity contribution in [3.8, 4) is 11.5 Å². The third-order valence-electron chi connectivity index (χ3n) is 6.61. The van der Waals surface area contributed by atoms with Crippen molar-refractivity contribution in [2.45, 2.75) is 37.8 Å². The van der Waals surface area contributed by atoms with Crippen LogP contribution in [0.25, 0.3) is 0 Å². The van der Waals surface area contributed by atoms with E-state index in [1.165, 1.54) is 16.7 Å². The largest absolute Gasteiger partial charge is 0.493 e. The Kier molecular flexibility index (Phi) is 6.12. The zero-order chi connectivity index (χ0) is 23.7. The van der Waals surface area contributed by atoms with E-state index >= 15 is 0 Å². The smallest absolute Gasteiger partial charge is 0.269 e. The Bertz CT molecular complexity index is 1170. The van der Waals surface area contributed by atoms with Crippen molar-refractivity contribution in [1.29, 1.82) is 0 Å². The highest BCUT2D eigenvalue weighted by Gasteiger charge is 2.39. The molecule has 0 aliphatic carbocycles. The lowest BCUT2D eigenvalue weighted by atomic mass is 9.79. The lowest BCUT2D eigenvalue weighted by Gasteiger charge is -2.46. The first-order valence-electron chi connectivity index (χ1n) is 11.3. The normalized spacial score (nSPS) is 21.9. The predicted octanol–water partition coefficient (Wildman–Crippen LogP) is 1.34. The van der Waals surface area contributed by atoms with Crippen molar-refractivity contribution < 1.29 is 14.3 Å². The Balaban J connectivity index is 1.32. The maximum absolute atomic E-state index is 12.1. The van der Waals surface area contributed by atoms with Gasteiger partial charge in [-0.15, -0.1) is 5.10 Å². The minimum atomic E-state index is -0.388. The minimum absolute atomic E-state index is 0.0113. The molecule has 0 spiro atoms. The van der Waals surface area contributed by atoms with Gasteiger partial charge in [0.05, 0.1) is 7.11 Å². The first kappa shape index (κ1) is 22.2. The fourth-order valence-corrected chi connectivity index (χ4v) is 4.93. The maximum atomic E-state index is 12.1. The number of pyridine rings is 1. The van der Waals surface area contributed by atoms with Crippen LogP contribution in [0.3, 0.4) is 0 Å². The standard InChI is InChI=1S/C23H28N8O3/c1-13-3-5-25-18(7-13)16-11-31-6-4-14-8-21(34-12-22(32)26-23-27-29-30-28-23)20(33-2)9-15(14)19(31)10-17(16)24/h3,5,7-9,16-17,19H,4,6,10-12,24H2,1-2H3,(H2,26,27,28,29,30,32). The van der Waals surface area contributed by atoms with Gasteiger partial charge in [-0.25, -0.2) is 0 Å². The second-order valence-corrected chi connectivity index (χ2v) is 8.80. The summed E-state index contributed by atoms with van der Waals surface area (Å²) in [5, 5.41) is 15.6. The number of ether oxygens (including phenoxy) is 2. The van der Waals surface area contributed by atoms with E-state index in [2.05, 4.69) is 48.8 Å². The molecule has 3 atom stereocenters. The van der Waals surface area contributed by atoms with E-state index < -0.39 is 0 Å². The second kappa shape index (κ2) is 9.35. The van der Waals surface area contributed by atoms with Gasteiger partial charge in [0.2, 0.25) is 0 Å². The summed E-state index contributed by atoms with van der Waals surface area (Å²) in [5.41, 5.74) is 11.3. The van der Waals surface area contributed by atoms with Gasteiger partial charge in [0.1, 0.15) is 0 Å². The number of anilines is 1. The fourth-order valence-electron chi connectivity index (χ4n) is 4.93. The first-order chi connectivity index (χ1) is 16.5. The summed E-state index contributed by atoms with van der Waals surface area (Å²) in [6, 6.07) is 8.38. The molecule has 0 saturated carbocycles. The van der Waals surface area contributed by atoms with Crippen molar-refractivity contribution in [3.05, 3.63) is 52.8 Å². The van der Waals surface area contributed by atoms with E-state index in [1.807, 2.05) is 24.4 Å². The second-order valence-electron chi connectivity index (χ2n) is 8.80. The van der Waals surface area contributed by atoms with Gasteiger partial charge in [0.15, 0.2) is 18.1 Å². The molecular weight excluding hydrogens is 436 g/mol. The molecule has 3 unspecified atom stereocenters. The number of carbonyl (C=O) groups excluding carboxylic acids is 1. The number of aromatic amines is 1. The van der Waals surface area contributed by atoms with Crippen LogP contribution in [0.5, 0.6) is 11.5 Å². The van der Waals surface area contributed by atoms with Gasteiger partial charge in [-0.3, -0.25) is 20.0 Å². The molecule has 2 aromatic heterocycles. The van der Waals surface area contributed by atoms with Gasteiger partial charge in [0.25, 0.3) is 11.9 Å². The van der Waals surface area contributed by atoms with E-state index in [9.17, 15) is 4.79 Å². The Morgan fingerprint density at radius 2 is 2.21 bits per heavy atom. The summed E-state index contributed by atoms with van der Waals surface area (Å²) in [6.45, 7) is 3.69. The zero-order valence-electron chi connectivity index (χ0n) is 19.2. The predicted molar refractivity (Wildman–Crippen MR) is 124 cm³/mol. The minimum Gasteiger partial charge on any atom is -0.493 e. The van der Waals surface area contributed by atoms with Crippen LogP contribution in [0.1, 0.15) is 40.8 Å². The number of H-pyrrole nitrogens is 1. The van der Waals surface area contributed by atoms with Gasteiger partial charge in [-0.2, -0.15) is 5.21 Å². The number of carbonyl (C=O) groups is 1. The molecule has 2 aliphatic rings. The van der Waals surface area contributed by atoms with E-state index in [0.717, 1.165) is 31.6 Å². The number of hydrogen-bond acceptors (Lipinski definition) is 9. The SMILES string of the molecule is COc1cc2c(cc1OCC(=O)Nc1nn[nH]n1)CCN1CC(c3cc(C)ccn3)C(N)CC21. The average Bonchev–Trinajstić information content (AvgIpc) is 3.34. The molecule has 4 N–H and O–H groups in total. The Labute approximate surface area is 197 Å². The summed E-state index contributed by atoms with van der Waals surface area (Å²) in [7, 11) is 1.60. The van der Waals surface area contributed by atoms with Gasteiger partial charge in [0, 0.05) is 43.0 Å². The van der Waals surface area contributed by atoms with E-state index in [-0.39, 0.29) is 36.5 Å². The zero-order valence-corrected chi connectivity index (χ0v) is 19.2. The molecule has 4 heterocycles. The molecule has 1 aromatic carbocycles. The molecule has 5 rings (SSSR count). The topological polar surface area (TPSA) is 144 Å². The van der Waals surface area contributed by atoms with Crippen molar-refractivity contribution in [3.63, 3.8) is 0 Å². The quantitative estimate of drug-likeness (QED) is 0.492. The monoisotopic (exact) mass is 464 g/mol. The van der Waals surface area contributed by atoms with Crippen LogP contribution in [-0.4, -0.2) is 69.3 Å². The summed E-state index contributed by atoms with van der Waals surface area (Å²) < 4.78 is 11.4. The Hall–Kier alpha value is -3.57. The lowest BCUT2D eigenvalue weighted by Crippen LogP contribution is -2.50. The van der Waals surface area contributed by atoms with E-state index in [1.54, 1.807) is 7.11 Å². The summed E-state index contributed by atoms with van der Waals surface area (Å²) in [5.74, 6) is 1.03. The van der Waals surface area contributed by atoms with Crippen molar-refractivity contribution in [2.75, 3.05) is 32.1 Å². The Morgan fingerprint density at radius 1 is 1.32 bits per heavy atom. The van der Waals surface area contributed by atoms with Crippen LogP contribution in [0.15, 0.2) is 30.5 Å². The number of nitrogens with zero attached hydrogens (tertiary/aromatic N) is 5. The molecule has 34 heavy (non-hydrogen) atoms. The molecule has 3 aromatic rings. The number of benzene rings is 1. The third kappa shape index (κ3) is 4.44. The molecule has 1 fully saturated rings. The number of aryl methyl sites for hydroxylation is 1. The summed E-state index contributed by atoms with van der Waals surface area (Å²) >= 11 is 0. The fraction of sp³-hybridized carbons (Fsp3) is 0.435. The van der Waals surface area contributed by atoms with Crippen molar-refractivity contribution in [1.82, 2.24) is 30.5 Å². The molecule has 2 aliphatic heterocycles. The van der Waals surface area contributed by atoms with Gasteiger partial charge >= 0.3 is 0 Å². The molecule has 0 bridgehead atoms. The number of methoxy groups -OCH3 is 1. The number of fused-ring (bicyclic) bond motifs is 3. The van der Waals surface area contributed by atoms with Crippen LogP contribution in [0.2, 0.25) is 0 Å². The van der Waals surface area contributed by atoms with Crippen LogP contribution in [0.4, 0.5) is 5.95 Å². The van der Waals surface area contributed by atoms with Crippen molar-refractivity contribution >= 4 is 11.9 Å². The summed E-state index contributed by atoms with van der Waals surface area (Å²) in [4.78, 5) is 19.2. The van der Waals surface area contributed by atoms with Crippen LogP contribution >= 0.6 is 0 Å². The average molecular weight is 465 g/mol. The van der Waals surface area contributed by atoms with Crippen LogP contribution in [-0.2, 0) is 11.2 Å². The number of piperidine rings is 1. The molecular formula is C23H28N8O3. The summed E-state index contributed by atoms with van der Waals surface area (Å²) in [6.07, 6.45) is 3.58. The molecule has 0 radical (unpaired) electrons. The van der Waals surface area contributed by atoms with Crippen molar-refractivity contribution in [2.24, 2.45) is 5.73 Å². The van der Waals surface area contributed by atoms with E-state index in [4.69, 9.17) is 15.2 Å². The van der Waals surface area contributed by atoms with E-state index in [0.29, 0.717) is 11.5 Å². The first-order valence-corrected chi connectivity index (χ1v) is 11.3. The number of hydrogen-bond donors (Lipinski definition) is 3. The third-order valence-corrected chi connectivity index (χ3v) is 6.61. The molecule has 1 saturated heterocycles. The highest BCUT2D eigenvalue weighted by molar-refractivity contribution is 5.90. The number of tetrazole rings is 1. The number of nitrogens with two attached hydrogens (primary N) is 1. The number of aromatic nitrogens is 5. The highest BCUT2D eigenvalue weighted by atomic mass is 16.5. The number of nitrogens with one attached hydrogen (secondary N) is 2. The number of amides is 1. The molecule has 178 valence electrons. The molecule has 11 heteroatoms. The van der Waals surface area contributed by atoms with Crippen LogP contribution < -0.4 is 20.5 Å². The van der Waals surface area contributed by atoms with Gasteiger partial charge in [-0.05, 0) is 65.9 Å². The Morgan fingerprint density at radius 3 is 2.97 bits per heavy atom. The lowest BCUT2D eigenvalue weighted by molar-refractivity contribution is -0.118. The van der Waals surface area contributed by atoms with Crippen LogP contribution in [0, 0.1) is 6.92 Å². The maximum Gasteiger partial charge on any atom is 0.269 e. The van der Waals surface area contributed by atoms with Gasteiger partial charge in [-0.1, -0.05) is 5.10 Å². The number of rotatable bonds is 6. The molecule has 1 amide bonds. The highest BCUT2D eigenvalue weighted by Crippen LogP contribution is 2.44. The molecule has 11 nitrogen and oxygen atoms in total.